The second-order valence-corrected chi connectivity index (χ2v) is 9.31. The van der Waals surface area contributed by atoms with Crippen molar-refractivity contribution in [1.82, 2.24) is 34.8 Å². The summed E-state index contributed by atoms with van der Waals surface area (Å²) in [4.78, 5) is 21.4. The van der Waals surface area contributed by atoms with Crippen molar-refractivity contribution < 1.29 is 27.3 Å². The zero-order valence-electron chi connectivity index (χ0n) is 21.3. The van der Waals surface area contributed by atoms with Crippen molar-refractivity contribution in [3.8, 4) is 5.75 Å². The molecule has 198 valence electrons. The number of aromatic nitrogens is 5. The predicted molar refractivity (Wildman–Crippen MR) is 132 cm³/mol. The van der Waals surface area contributed by atoms with Crippen LogP contribution >= 0.6 is 0 Å². The normalized spacial score (nSPS) is 14.8. The molecule has 0 saturated heterocycles. The van der Waals surface area contributed by atoms with Gasteiger partial charge in [0.05, 0.1) is 50.8 Å². The van der Waals surface area contributed by atoms with Crippen LogP contribution < -0.4 is 10.1 Å². The predicted octanol–water partition coefficient (Wildman–Crippen LogP) is 2.50. The van der Waals surface area contributed by atoms with E-state index in [1.165, 1.54) is 15.5 Å². The van der Waals surface area contributed by atoms with Gasteiger partial charge in [0, 0.05) is 18.2 Å². The third kappa shape index (κ3) is 4.31. The van der Waals surface area contributed by atoms with E-state index in [1.807, 2.05) is 37.7 Å². The number of amides is 1. The van der Waals surface area contributed by atoms with E-state index in [0.29, 0.717) is 33.6 Å². The van der Waals surface area contributed by atoms with Crippen LogP contribution in [0.25, 0.3) is 16.7 Å². The third-order valence-corrected chi connectivity index (χ3v) is 6.33. The summed E-state index contributed by atoms with van der Waals surface area (Å²) in [7, 11) is 9.14. The molecule has 2 aromatic carbocycles. The van der Waals surface area contributed by atoms with Crippen molar-refractivity contribution in [3.05, 3.63) is 53.1 Å². The molecule has 1 atom stereocenters. The second-order valence-electron chi connectivity index (χ2n) is 9.31. The van der Waals surface area contributed by atoms with E-state index in [-0.39, 0.29) is 18.3 Å². The van der Waals surface area contributed by atoms with Gasteiger partial charge in [-0.15, -0.1) is 5.10 Å². The van der Waals surface area contributed by atoms with Gasteiger partial charge in [-0.1, -0.05) is 6.07 Å². The molecule has 0 fully saturated rings. The average Bonchev–Trinajstić information content (AvgIpc) is 3.52. The van der Waals surface area contributed by atoms with Gasteiger partial charge in [-0.2, -0.15) is 17.7 Å². The summed E-state index contributed by atoms with van der Waals surface area (Å²) in [6, 6.07) is 7.75. The number of nitrogens with one attached hydrogen (secondary N) is 1. The molecule has 1 aliphatic rings. The Morgan fingerprint density at radius 3 is 2.61 bits per heavy atom. The lowest BCUT2D eigenvalue weighted by Gasteiger charge is -2.24. The number of anilines is 1. The van der Waals surface area contributed by atoms with Crippen molar-refractivity contribution in [2.24, 2.45) is 0 Å². The molecule has 0 bridgehead atoms. The number of carbonyl (C=O) groups is 1. The van der Waals surface area contributed by atoms with Crippen molar-refractivity contribution >= 4 is 34.4 Å². The van der Waals surface area contributed by atoms with E-state index < -0.39 is 17.8 Å². The standard InChI is InChI=1S/C24H24F3N9O2/c1-33(2)23(34(3)4)29-20-21-30-31-32-36(21)17-10-13(6-9-16(17)28-20)22(37)35(5)18-12-38-19-11-14(24(25,26)27)7-8-15(18)19/h6-11,18H,12H2,1-5H3/p+1/t18-/m1/s1. The highest BCUT2D eigenvalue weighted by Gasteiger charge is 2.36. The summed E-state index contributed by atoms with van der Waals surface area (Å²) in [6.45, 7) is 0.0525. The molecule has 2 aromatic heterocycles. The number of carbonyl (C=O) groups excluding carboxylic acids is 1. The summed E-state index contributed by atoms with van der Waals surface area (Å²) in [6.07, 6.45) is -4.48. The zero-order valence-corrected chi connectivity index (χ0v) is 21.3. The Morgan fingerprint density at radius 1 is 1.16 bits per heavy atom. The molecule has 0 aliphatic carbocycles. The molecule has 0 unspecified atom stereocenters. The van der Waals surface area contributed by atoms with Crippen LogP contribution in [0.2, 0.25) is 0 Å². The molecule has 0 spiro atoms. The molecule has 3 heterocycles. The van der Waals surface area contributed by atoms with Gasteiger partial charge < -0.3 is 9.64 Å². The molecule has 1 amide bonds. The molecule has 1 N–H and O–H groups in total. The number of tetrazole rings is 1. The van der Waals surface area contributed by atoms with Crippen molar-refractivity contribution in [3.63, 3.8) is 0 Å². The third-order valence-electron chi connectivity index (χ3n) is 6.33. The van der Waals surface area contributed by atoms with Crippen molar-refractivity contribution in [1.29, 1.82) is 0 Å². The fourth-order valence-corrected chi connectivity index (χ4v) is 4.44. The molecule has 0 radical (unpaired) electrons. The SMILES string of the molecule is CN(C)C(Nc1nc2ccc(C(=O)N(C)[C@@H]3COc4cc(C(F)(F)F)ccc43)cc2n2nnnc12)=[N+](C)C. The second kappa shape index (κ2) is 9.11. The molecule has 1 aliphatic heterocycles. The van der Waals surface area contributed by atoms with Crippen LogP contribution in [0.4, 0.5) is 19.0 Å². The van der Waals surface area contributed by atoms with Gasteiger partial charge in [0.15, 0.2) is 0 Å². The highest BCUT2D eigenvalue weighted by atomic mass is 19.4. The first-order valence-corrected chi connectivity index (χ1v) is 11.6. The lowest BCUT2D eigenvalue weighted by molar-refractivity contribution is -0.469. The van der Waals surface area contributed by atoms with Crippen LogP contribution in [0.1, 0.15) is 27.5 Å². The summed E-state index contributed by atoms with van der Waals surface area (Å²) < 4.78 is 48.1. The number of hydrogen-bond donors (Lipinski definition) is 1. The number of hydrogen-bond acceptors (Lipinski definition) is 6. The molecular weight excluding hydrogens is 503 g/mol. The van der Waals surface area contributed by atoms with E-state index in [4.69, 9.17) is 4.74 Å². The maximum absolute atomic E-state index is 13.4. The van der Waals surface area contributed by atoms with Gasteiger partial charge in [0.1, 0.15) is 12.4 Å². The summed E-state index contributed by atoms with van der Waals surface area (Å²) in [5, 5.41) is 15.2. The van der Waals surface area contributed by atoms with Crippen LogP contribution in [-0.2, 0) is 6.18 Å². The number of fused-ring (bicyclic) bond motifs is 4. The van der Waals surface area contributed by atoms with Gasteiger partial charge in [-0.25, -0.2) is 10.3 Å². The fourth-order valence-electron chi connectivity index (χ4n) is 4.44. The maximum Gasteiger partial charge on any atom is 0.416 e. The van der Waals surface area contributed by atoms with E-state index >= 15 is 0 Å². The minimum atomic E-state index is -4.48. The van der Waals surface area contributed by atoms with Crippen LogP contribution in [-0.4, -0.2) is 93.1 Å². The summed E-state index contributed by atoms with van der Waals surface area (Å²) in [5.74, 6) is 0.979. The maximum atomic E-state index is 13.4. The Labute approximate surface area is 215 Å². The number of halogens is 3. The van der Waals surface area contributed by atoms with Gasteiger partial charge in [0.25, 0.3) is 5.91 Å². The number of rotatable bonds is 3. The number of benzene rings is 2. The number of alkyl halides is 3. The summed E-state index contributed by atoms with van der Waals surface area (Å²) >= 11 is 0. The number of guanidine groups is 1. The highest BCUT2D eigenvalue weighted by molar-refractivity contribution is 5.99. The van der Waals surface area contributed by atoms with E-state index in [0.717, 1.165) is 18.1 Å². The average molecular weight is 529 g/mol. The lowest BCUT2D eigenvalue weighted by atomic mass is 10.0. The Balaban J connectivity index is 1.47. The molecule has 5 rings (SSSR count). The monoisotopic (exact) mass is 528 g/mol. The Bertz CT molecular complexity index is 1590. The quantitative estimate of drug-likeness (QED) is 0.246. The van der Waals surface area contributed by atoms with E-state index in [2.05, 4.69) is 25.8 Å². The van der Waals surface area contributed by atoms with Crippen LogP contribution in [0.3, 0.4) is 0 Å². The van der Waals surface area contributed by atoms with E-state index in [9.17, 15) is 18.0 Å². The van der Waals surface area contributed by atoms with Crippen LogP contribution in [0.15, 0.2) is 36.4 Å². The molecule has 0 saturated carbocycles. The highest BCUT2D eigenvalue weighted by Crippen LogP contribution is 2.40. The minimum absolute atomic E-state index is 0.0525. The first-order chi connectivity index (χ1) is 18.0. The van der Waals surface area contributed by atoms with Gasteiger partial charge in [0.2, 0.25) is 11.5 Å². The Kier molecular flexibility index (Phi) is 6.04. The molecule has 4 aromatic rings. The summed E-state index contributed by atoms with van der Waals surface area (Å²) in [5.41, 5.74) is 1.50. The largest absolute Gasteiger partial charge is 0.491 e. The fraction of sp³-hybridized carbons (Fsp3) is 0.333. The van der Waals surface area contributed by atoms with Crippen molar-refractivity contribution in [2.75, 3.05) is 47.2 Å². The number of nitrogens with zero attached hydrogens (tertiary/aromatic N) is 8. The smallest absolute Gasteiger partial charge is 0.416 e. The van der Waals surface area contributed by atoms with Crippen LogP contribution in [0, 0.1) is 0 Å². The number of likely N-dealkylation sites (N-methyl/N-ethyl adjacent to an activating group) is 1. The first kappa shape index (κ1) is 25.2. The molecule has 38 heavy (non-hydrogen) atoms. The van der Waals surface area contributed by atoms with Gasteiger partial charge in [-0.3, -0.25) is 14.3 Å². The van der Waals surface area contributed by atoms with Crippen LogP contribution in [0.5, 0.6) is 5.75 Å². The Hall–Kier alpha value is -4.49. The van der Waals surface area contributed by atoms with Crippen molar-refractivity contribution in [2.45, 2.75) is 12.2 Å². The first-order valence-electron chi connectivity index (χ1n) is 11.6. The van der Waals surface area contributed by atoms with Gasteiger partial charge in [-0.05, 0) is 40.8 Å². The van der Waals surface area contributed by atoms with Gasteiger partial charge >= 0.3 is 12.1 Å². The molecular formula is C24H25F3N9O2+. The molecule has 11 nitrogen and oxygen atoms in total. The van der Waals surface area contributed by atoms with E-state index in [1.54, 1.807) is 25.2 Å². The zero-order chi connectivity index (χ0) is 27.4. The Morgan fingerprint density at radius 2 is 1.92 bits per heavy atom. The minimum Gasteiger partial charge on any atom is -0.491 e. The topological polar surface area (TPSA) is 104 Å². The number of ether oxygens (including phenoxy) is 1. The lowest BCUT2D eigenvalue weighted by Crippen LogP contribution is -2.36. The molecule has 14 heteroatoms.